The summed E-state index contributed by atoms with van der Waals surface area (Å²) >= 11 is 4.67. The molecule has 2 aromatic rings. The third-order valence-electron chi connectivity index (χ3n) is 3.57. The van der Waals surface area contributed by atoms with Crippen LogP contribution in [0.15, 0.2) is 39.0 Å². The summed E-state index contributed by atoms with van der Waals surface area (Å²) in [6.07, 6.45) is 1.47. The zero-order valence-electron chi connectivity index (χ0n) is 11.2. The van der Waals surface area contributed by atoms with Crippen molar-refractivity contribution in [2.75, 3.05) is 0 Å². The van der Waals surface area contributed by atoms with E-state index in [9.17, 15) is 8.42 Å². The second-order valence-electron chi connectivity index (χ2n) is 5.05. The van der Waals surface area contributed by atoms with Crippen molar-refractivity contribution in [2.24, 2.45) is 5.73 Å². The fourth-order valence-electron chi connectivity index (χ4n) is 2.61. The first-order valence-electron chi connectivity index (χ1n) is 6.57. The molecular formula is C14H15BrN2O2S2. The minimum absolute atomic E-state index is 0.0828. The predicted octanol–water partition coefficient (Wildman–Crippen LogP) is 2.42. The van der Waals surface area contributed by atoms with E-state index in [-0.39, 0.29) is 10.9 Å². The molecule has 0 aliphatic heterocycles. The van der Waals surface area contributed by atoms with Crippen LogP contribution in [0, 0.1) is 0 Å². The fourth-order valence-corrected chi connectivity index (χ4v) is 6.40. The second kappa shape index (κ2) is 5.81. The van der Waals surface area contributed by atoms with E-state index in [1.54, 1.807) is 6.07 Å². The number of nitrogens with one attached hydrogen (secondary N) is 1. The smallest absolute Gasteiger partial charge is 0.242 e. The van der Waals surface area contributed by atoms with Gasteiger partial charge in [-0.1, -0.05) is 24.3 Å². The zero-order valence-corrected chi connectivity index (χ0v) is 14.4. The van der Waals surface area contributed by atoms with Crippen molar-refractivity contribution in [1.29, 1.82) is 0 Å². The summed E-state index contributed by atoms with van der Waals surface area (Å²) in [5.41, 5.74) is 8.01. The van der Waals surface area contributed by atoms with Crippen molar-refractivity contribution in [3.8, 4) is 0 Å². The molecule has 21 heavy (non-hydrogen) atoms. The number of benzene rings is 1. The van der Waals surface area contributed by atoms with Gasteiger partial charge in [0.1, 0.15) is 4.90 Å². The van der Waals surface area contributed by atoms with E-state index in [1.165, 1.54) is 22.5 Å². The van der Waals surface area contributed by atoms with E-state index in [0.29, 0.717) is 10.3 Å². The lowest BCUT2D eigenvalue weighted by Crippen LogP contribution is -2.35. The van der Waals surface area contributed by atoms with E-state index < -0.39 is 10.0 Å². The molecule has 112 valence electrons. The molecule has 0 spiro atoms. The van der Waals surface area contributed by atoms with Gasteiger partial charge in [0.2, 0.25) is 10.0 Å². The lowest BCUT2D eigenvalue weighted by molar-refractivity contribution is 0.555. The van der Waals surface area contributed by atoms with Gasteiger partial charge in [-0.3, -0.25) is 0 Å². The highest BCUT2D eigenvalue weighted by molar-refractivity contribution is 9.11. The lowest BCUT2D eigenvalue weighted by atomic mass is 10.1. The maximum atomic E-state index is 12.5. The molecule has 1 aromatic carbocycles. The highest BCUT2D eigenvalue weighted by Crippen LogP contribution is 2.32. The van der Waals surface area contributed by atoms with Crippen molar-refractivity contribution in [3.05, 3.63) is 50.1 Å². The Bertz CT molecular complexity index is 746. The molecule has 1 aliphatic rings. The highest BCUT2D eigenvalue weighted by Gasteiger charge is 2.28. The van der Waals surface area contributed by atoms with Gasteiger partial charge in [-0.05, 0) is 46.0 Å². The number of sulfonamides is 1. The molecule has 0 bridgehead atoms. The normalized spacial score (nSPS) is 15.3. The summed E-state index contributed by atoms with van der Waals surface area (Å²) in [6.45, 7) is 0.341. The third kappa shape index (κ3) is 3.07. The predicted molar refractivity (Wildman–Crippen MR) is 87.9 cm³/mol. The molecule has 0 atom stereocenters. The first-order chi connectivity index (χ1) is 9.99. The Morgan fingerprint density at radius 1 is 1.29 bits per heavy atom. The van der Waals surface area contributed by atoms with Crippen molar-refractivity contribution < 1.29 is 8.42 Å². The van der Waals surface area contributed by atoms with Crippen LogP contribution in [-0.2, 0) is 29.4 Å². The molecule has 0 saturated heterocycles. The molecule has 4 nitrogen and oxygen atoms in total. The van der Waals surface area contributed by atoms with E-state index in [0.717, 1.165) is 17.7 Å². The standard InChI is InChI=1S/C14H15BrN2O2S2/c15-14-13(7-12(8-16)20-14)21(18,19)17-11-5-9-3-1-2-4-10(9)6-11/h1-4,7,11,17H,5-6,8,16H2. The van der Waals surface area contributed by atoms with Crippen LogP contribution in [0.3, 0.4) is 0 Å². The number of rotatable bonds is 4. The quantitative estimate of drug-likeness (QED) is 0.847. The van der Waals surface area contributed by atoms with Crippen molar-refractivity contribution >= 4 is 37.3 Å². The van der Waals surface area contributed by atoms with Crippen LogP contribution >= 0.6 is 27.3 Å². The fraction of sp³-hybridized carbons (Fsp3) is 0.286. The Balaban J connectivity index is 1.80. The van der Waals surface area contributed by atoms with Crippen LogP contribution < -0.4 is 10.5 Å². The largest absolute Gasteiger partial charge is 0.326 e. The van der Waals surface area contributed by atoms with E-state index in [4.69, 9.17) is 5.73 Å². The Hall–Kier alpha value is -0.730. The summed E-state index contributed by atoms with van der Waals surface area (Å²) in [5, 5.41) is 0. The van der Waals surface area contributed by atoms with Gasteiger partial charge in [0.25, 0.3) is 0 Å². The van der Waals surface area contributed by atoms with Crippen LogP contribution in [0.2, 0.25) is 0 Å². The monoisotopic (exact) mass is 386 g/mol. The van der Waals surface area contributed by atoms with Gasteiger partial charge in [-0.25, -0.2) is 13.1 Å². The summed E-state index contributed by atoms with van der Waals surface area (Å²) in [6, 6.07) is 9.63. The number of hydrogen-bond donors (Lipinski definition) is 2. The summed E-state index contributed by atoms with van der Waals surface area (Å²) in [4.78, 5) is 1.13. The Labute approximate surface area is 136 Å². The molecule has 1 aromatic heterocycles. The maximum Gasteiger partial charge on any atom is 0.242 e. The zero-order chi connectivity index (χ0) is 15.0. The number of halogens is 1. The SMILES string of the molecule is NCc1cc(S(=O)(=O)NC2Cc3ccccc3C2)c(Br)s1. The molecule has 0 fully saturated rings. The Morgan fingerprint density at radius 2 is 1.90 bits per heavy atom. The van der Waals surface area contributed by atoms with Crippen LogP contribution in [-0.4, -0.2) is 14.5 Å². The van der Waals surface area contributed by atoms with Crippen molar-refractivity contribution in [3.63, 3.8) is 0 Å². The first kappa shape index (κ1) is 15.2. The number of nitrogens with two attached hydrogens (primary N) is 1. The molecule has 0 radical (unpaired) electrons. The van der Waals surface area contributed by atoms with E-state index in [2.05, 4.69) is 32.8 Å². The Kier molecular flexibility index (Phi) is 4.20. The third-order valence-corrected chi connectivity index (χ3v) is 7.36. The molecule has 1 aliphatic carbocycles. The minimum Gasteiger partial charge on any atom is -0.326 e. The average molecular weight is 387 g/mol. The van der Waals surface area contributed by atoms with Crippen LogP contribution in [0.25, 0.3) is 0 Å². The van der Waals surface area contributed by atoms with Crippen LogP contribution in [0.5, 0.6) is 0 Å². The molecule has 3 rings (SSSR count). The maximum absolute atomic E-state index is 12.5. The van der Waals surface area contributed by atoms with Gasteiger partial charge in [0, 0.05) is 17.5 Å². The van der Waals surface area contributed by atoms with E-state index >= 15 is 0 Å². The van der Waals surface area contributed by atoms with E-state index in [1.807, 2.05) is 12.1 Å². The van der Waals surface area contributed by atoms with Gasteiger partial charge in [0.05, 0.1) is 3.79 Å². The van der Waals surface area contributed by atoms with Gasteiger partial charge in [0.15, 0.2) is 0 Å². The number of fused-ring (bicyclic) bond motifs is 1. The Morgan fingerprint density at radius 3 is 2.43 bits per heavy atom. The van der Waals surface area contributed by atoms with Crippen molar-refractivity contribution in [2.45, 2.75) is 30.3 Å². The molecule has 7 heteroatoms. The molecule has 0 amide bonds. The number of hydrogen-bond acceptors (Lipinski definition) is 4. The molecule has 0 unspecified atom stereocenters. The van der Waals surface area contributed by atoms with Crippen molar-refractivity contribution in [1.82, 2.24) is 4.72 Å². The van der Waals surface area contributed by atoms with Crippen LogP contribution in [0.4, 0.5) is 0 Å². The van der Waals surface area contributed by atoms with Crippen LogP contribution in [0.1, 0.15) is 16.0 Å². The van der Waals surface area contributed by atoms with Gasteiger partial charge in [-0.2, -0.15) is 0 Å². The number of thiophene rings is 1. The summed E-state index contributed by atoms with van der Waals surface area (Å²) in [7, 11) is -3.52. The van der Waals surface area contributed by atoms with Gasteiger partial charge in [-0.15, -0.1) is 11.3 Å². The second-order valence-corrected chi connectivity index (χ2v) is 9.19. The summed E-state index contributed by atoms with van der Waals surface area (Å²) < 4.78 is 28.4. The minimum atomic E-state index is -3.52. The molecule has 3 N–H and O–H groups in total. The first-order valence-corrected chi connectivity index (χ1v) is 9.66. The molecule has 0 saturated carbocycles. The summed E-state index contributed by atoms with van der Waals surface area (Å²) in [5.74, 6) is 0. The van der Waals surface area contributed by atoms with Gasteiger partial charge >= 0.3 is 0 Å². The highest BCUT2D eigenvalue weighted by atomic mass is 79.9. The topological polar surface area (TPSA) is 72.2 Å². The molecular weight excluding hydrogens is 372 g/mol. The molecule has 1 heterocycles. The average Bonchev–Trinajstić information content (AvgIpc) is 3.00. The lowest BCUT2D eigenvalue weighted by Gasteiger charge is -2.12. The van der Waals surface area contributed by atoms with Gasteiger partial charge < -0.3 is 5.73 Å².